The van der Waals surface area contributed by atoms with E-state index in [9.17, 15) is 4.79 Å². The second kappa shape index (κ2) is 1.95. The van der Waals surface area contributed by atoms with Gasteiger partial charge in [-0.15, -0.1) is 0 Å². The van der Waals surface area contributed by atoms with Gasteiger partial charge in [-0.05, 0) is 18.2 Å². The molecule has 11 heavy (non-hydrogen) atoms. The zero-order chi connectivity index (χ0) is 7.84. The summed E-state index contributed by atoms with van der Waals surface area (Å²) in [4.78, 5) is 12.7. The van der Waals surface area contributed by atoms with Crippen LogP contribution >= 0.6 is 0 Å². The average Bonchev–Trinajstić information content (AvgIpc) is 2.77. The van der Waals surface area contributed by atoms with Gasteiger partial charge >= 0.3 is 0 Å². The Morgan fingerprint density at radius 3 is 2.36 bits per heavy atom. The van der Waals surface area contributed by atoms with Crippen molar-refractivity contribution in [3.63, 3.8) is 0 Å². The smallest absolute Gasteiger partial charge is 0.255 e. The van der Waals surface area contributed by atoms with Gasteiger partial charge in [-0.1, -0.05) is 18.7 Å². The molecule has 0 bridgehead atoms. The van der Waals surface area contributed by atoms with Crippen molar-refractivity contribution in [1.29, 1.82) is 0 Å². The van der Waals surface area contributed by atoms with Gasteiger partial charge in [-0.3, -0.25) is 9.69 Å². The Balaban J connectivity index is 2.31. The minimum Gasteiger partial charge on any atom is -0.273 e. The van der Waals surface area contributed by atoms with Gasteiger partial charge in [0.2, 0.25) is 0 Å². The molecular formula is C9H7NO. The predicted octanol–water partition coefficient (Wildman–Crippen LogP) is 1.85. The van der Waals surface area contributed by atoms with Gasteiger partial charge < -0.3 is 0 Å². The normalized spacial score (nSPS) is 12.2. The van der Waals surface area contributed by atoms with E-state index in [0.29, 0.717) is 0 Å². The Kier molecular flexibility index (Phi) is 1.09. The summed E-state index contributed by atoms with van der Waals surface area (Å²) in [7, 11) is 0. The number of rotatable bonds is 1. The van der Waals surface area contributed by atoms with Crippen LogP contribution in [0.3, 0.4) is 0 Å². The van der Waals surface area contributed by atoms with Crippen molar-refractivity contribution in [2.75, 3.05) is 4.90 Å². The summed E-state index contributed by atoms with van der Waals surface area (Å²) in [6.45, 7) is 3.41. The van der Waals surface area contributed by atoms with Gasteiger partial charge in [0.25, 0.3) is 5.91 Å². The second-order valence-corrected chi connectivity index (χ2v) is 2.37. The number of carbonyl (C=O) groups excluding carboxylic acids is 1. The molecule has 0 radical (unpaired) electrons. The first-order valence-electron chi connectivity index (χ1n) is 3.40. The fourth-order valence-corrected chi connectivity index (χ4v) is 1.13. The van der Waals surface area contributed by atoms with E-state index in [0.717, 1.165) is 11.4 Å². The van der Waals surface area contributed by atoms with Crippen LogP contribution in [0.2, 0.25) is 0 Å². The number of hydrogen-bond donors (Lipinski definition) is 0. The Morgan fingerprint density at radius 2 is 1.91 bits per heavy atom. The zero-order valence-electron chi connectivity index (χ0n) is 5.95. The standard InChI is InChI=1S/C9H7NO/c1-2-9(11)10-7-5-3-4-6-8(7)10/h2-6H,1H2. The van der Waals surface area contributed by atoms with Crippen molar-refractivity contribution in [2.24, 2.45) is 0 Å². The number of amides is 1. The van der Waals surface area contributed by atoms with E-state index in [-0.39, 0.29) is 5.91 Å². The third kappa shape index (κ3) is 0.759. The molecule has 0 aromatic heterocycles. The lowest BCUT2D eigenvalue weighted by molar-refractivity contribution is -0.113. The largest absolute Gasteiger partial charge is 0.273 e. The van der Waals surface area contributed by atoms with Gasteiger partial charge in [0, 0.05) is 0 Å². The molecule has 54 valence electrons. The van der Waals surface area contributed by atoms with E-state index in [4.69, 9.17) is 0 Å². The molecule has 1 aromatic carbocycles. The summed E-state index contributed by atoms with van der Waals surface area (Å²) in [5.74, 6) is -0.0498. The highest BCUT2D eigenvalue weighted by molar-refractivity contribution is 6.19. The third-order valence-corrected chi connectivity index (χ3v) is 1.71. The highest BCUT2D eigenvalue weighted by atomic mass is 16.2. The van der Waals surface area contributed by atoms with Gasteiger partial charge in [0.1, 0.15) is 0 Å². The van der Waals surface area contributed by atoms with Crippen LogP contribution in [0.4, 0.5) is 11.4 Å². The van der Waals surface area contributed by atoms with Crippen LogP contribution in [0.25, 0.3) is 0 Å². The molecule has 1 aliphatic rings. The first-order valence-corrected chi connectivity index (χ1v) is 3.40. The van der Waals surface area contributed by atoms with Crippen molar-refractivity contribution in [2.45, 2.75) is 0 Å². The number of para-hydroxylation sites is 2. The average molecular weight is 145 g/mol. The molecule has 0 unspecified atom stereocenters. The van der Waals surface area contributed by atoms with Gasteiger partial charge in [-0.25, -0.2) is 0 Å². The summed E-state index contributed by atoms with van der Waals surface area (Å²) in [5.41, 5.74) is 2.00. The molecule has 1 aromatic rings. The highest BCUT2D eigenvalue weighted by Gasteiger charge is 2.32. The minimum atomic E-state index is -0.0498. The number of fused-ring (bicyclic) bond motifs is 1. The van der Waals surface area contributed by atoms with Crippen LogP contribution < -0.4 is 4.90 Å². The maximum atomic E-state index is 11.0. The van der Waals surface area contributed by atoms with Crippen LogP contribution in [-0.2, 0) is 4.79 Å². The summed E-state index contributed by atoms with van der Waals surface area (Å²) >= 11 is 0. The SMILES string of the molecule is C=CC(=O)N1c2ccccc21. The number of carbonyl (C=O) groups is 1. The Morgan fingerprint density at radius 1 is 1.36 bits per heavy atom. The monoisotopic (exact) mass is 145 g/mol. The number of hydrogen-bond acceptors (Lipinski definition) is 1. The molecule has 0 saturated carbocycles. The Labute approximate surface area is 64.8 Å². The number of nitrogens with zero attached hydrogens (tertiary/aromatic N) is 1. The summed E-state index contributed by atoms with van der Waals surface area (Å²) in [5, 5.41) is 0. The van der Waals surface area contributed by atoms with Crippen molar-refractivity contribution in [1.82, 2.24) is 0 Å². The van der Waals surface area contributed by atoms with E-state index in [2.05, 4.69) is 6.58 Å². The lowest BCUT2D eigenvalue weighted by Crippen LogP contribution is -2.07. The minimum absolute atomic E-state index is 0.0498. The first kappa shape index (κ1) is 6.16. The van der Waals surface area contributed by atoms with Crippen LogP contribution in [0.15, 0.2) is 36.9 Å². The van der Waals surface area contributed by atoms with E-state index < -0.39 is 0 Å². The zero-order valence-corrected chi connectivity index (χ0v) is 5.95. The van der Waals surface area contributed by atoms with Crippen molar-refractivity contribution in [3.05, 3.63) is 36.9 Å². The molecule has 0 N–H and O–H groups in total. The first-order chi connectivity index (χ1) is 5.34. The van der Waals surface area contributed by atoms with Crippen LogP contribution in [0.5, 0.6) is 0 Å². The summed E-state index contributed by atoms with van der Waals surface area (Å²) in [6, 6.07) is 7.65. The molecule has 0 aliphatic carbocycles. The second-order valence-electron chi connectivity index (χ2n) is 2.37. The summed E-state index contributed by atoms with van der Waals surface area (Å²) in [6.07, 6.45) is 1.32. The molecule has 1 amide bonds. The van der Waals surface area contributed by atoms with E-state index in [1.165, 1.54) is 6.08 Å². The number of anilines is 2. The van der Waals surface area contributed by atoms with Crippen LogP contribution in [0.1, 0.15) is 0 Å². The van der Waals surface area contributed by atoms with E-state index in [1.807, 2.05) is 24.3 Å². The maximum Gasteiger partial charge on any atom is 0.255 e. The predicted molar refractivity (Wildman–Crippen MR) is 43.8 cm³/mol. The van der Waals surface area contributed by atoms with E-state index >= 15 is 0 Å². The molecule has 2 heteroatoms. The fraction of sp³-hybridized carbons (Fsp3) is 0. The Hall–Kier alpha value is -1.57. The molecule has 2 nitrogen and oxygen atoms in total. The fourth-order valence-electron chi connectivity index (χ4n) is 1.13. The van der Waals surface area contributed by atoms with Gasteiger partial charge in [-0.2, -0.15) is 0 Å². The molecule has 0 atom stereocenters. The lowest BCUT2D eigenvalue weighted by atomic mass is 10.4. The molecule has 1 aliphatic heterocycles. The van der Waals surface area contributed by atoms with Crippen molar-refractivity contribution in [3.8, 4) is 0 Å². The van der Waals surface area contributed by atoms with Crippen LogP contribution in [0, 0.1) is 0 Å². The lowest BCUT2D eigenvalue weighted by Gasteiger charge is -1.91. The van der Waals surface area contributed by atoms with Crippen LogP contribution in [-0.4, -0.2) is 5.91 Å². The molecular weight excluding hydrogens is 138 g/mol. The van der Waals surface area contributed by atoms with Gasteiger partial charge in [0.05, 0.1) is 11.4 Å². The number of benzene rings is 1. The Bertz CT molecular complexity index is 307. The third-order valence-electron chi connectivity index (χ3n) is 1.71. The quantitative estimate of drug-likeness (QED) is 0.436. The summed E-state index contributed by atoms with van der Waals surface area (Å²) < 4.78 is 0. The van der Waals surface area contributed by atoms with Gasteiger partial charge in [0.15, 0.2) is 0 Å². The molecule has 0 fully saturated rings. The van der Waals surface area contributed by atoms with Crippen molar-refractivity contribution < 1.29 is 4.79 Å². The molecule has 0 spiro atoms. The molecule has 0 saturated heterocycles. The molecule has 2 rings (SSSR count). The molecule has 1 heterocycles. The topological polar surface area (TPSA) is 20.1 Å². The maximum absolute atomic E-state index is 11.0. The highest BCUT2D eigenvalue weighted by Crippen LogP contribution is 2.47. The van der Waals surface area contributed by atoms with E-state index in [1.54, 1.807) is 4.90 Å². The van der Waals surface area contributed by atoms with Crippen molar-refractivity contribution >= 4 is 17.3 Å².